The number of hydrogen-bond donors (Lipinski definition) is 0. The summed E-state index contributed by atoms with van der Waals surface area (Å²) in [5.74, 6) is 0. The van der Waals surface area contributed by atoms with Crippen LogP contribution in [0, 0.1) is 20.8 Å². The lowest BCUT2D eigenvalue weighted by Crippen LogP contribution is -2.16. The van der Waals surface area contributed by atoms with E-state index in [4.69, 9.17) is 0 Å². The van der Waals surface area contributed by atoms with Gasteiger partial charge in [-0.05, 0) is 130 Å². The summed E-state index contributed by atoms with van der Waals surface area (Å²) < 4.78 is 2.62. The van der Waals surface area contributed by atoms with Crippen molar-refractivity contribution in [2.75, 3.05) is 4.90 Å². The Balaban J connectivity index is 1.20. The van der Waals surface area contributed by atoms with E-state index < -0.39 is 0 Å². The standard InChI is InChI=1S/C54H43NS/c1-34-15-6-8-17-40(34)42-30-31-49(52(36(42)3)41-18-9-7-16-35(41)2)55(39-29-32-51-47(33-39)45-20-11-13-24-50(45)56-51)38-27-25-37(26-28-38)43-21-14-22-46-44-19-10-12-23-48(44)54(4,5)53(43)46/h6-33H,1-5H3. The molecule has 0 unspecified atom stereocenters. The average Bonchev–Trinajstić information content (AvgIpc) is 3.71. The first kappa shape index (κ1) is 34.3. The van der Waals surface area contributed by atoms with Crippen molar-refractivity contribution in [3.05, 3.63) is 198 Å². The van der Waals surface area contributed by atoms with Crippen LogP contribution in [0.15, 0.2) is 170 Å². The average molecular weight is 738 g/mol. The highest BCUT2D eigenvalue weighted by Gasteiger charge is 2.37. The molecule has 0 bridgehead atoms. The smallest absolute Gasteiger partial charge is 0.0543 e. The van der Waals surface area contributed by atoms with Crippen LogP contribution in [0.2, 0.25) is 0 Å². The number of hydrogen-bond acceptors (Lipinski definition) is 2. The highest BCUT2D eigenvalue weighted by molar-refractivity contribution is 7.25. The number of thiophene rings is 1. The molecule has 0 fully saturated rings. The van der Waals surface area contributed by atoms with Crippen molar-refractivity contribution in [1.82, 2.24) is 0 Å². The van der Waals surface area contributed by atoms with Crippen molar-refractivity contribution in [2.45, 2.75) is 40.0 Å². The molecule has 0 atom stereocenters. The Bertz CT molecular complexity index is 2980. The van der Waals surface area contributed by atoms with Crippen molar-refractivity contribution >= 4 is 48.6 Å². The van der Waals surface area contributed by atoms with Crippen molar-refractivity contribution in [2.24, 2.45) is 0 Å². The minimum Gasteiger partial charge on any atom is -0.310 e. The molecule has 0 aliphatic heterocycles. The van der Waals surface area contributed by atoms with Gasteiger partial charge in [-0.25, -0.2) is 0 Å². The molecule has 0 saturated heterocycles. The molecule has 0 spiro atoms. The molecule has 1 nitrogen and oxygen atoms in total. The van der Waals surface area contributed by atoms with Gasteiger partial charge in [-0.15, -0.1) is 11.3 Å². The van der Waals surface area contributed by atoms with E-state index >= 15 is 0 Å². The third-order valence-corrected chi connectivity index (χ3v) is 13.3. The summed E-state index contributed by atoms with van der Waals surface area (Å²) in [5.41, 5.74) is 20.2. The first-order chi connectivity index (χ1) is 27.3. The van der Waals surface area contributed by atoms with E-state index in [1.165, 1.54) is 92.5 Å². The molecule has 1 aliphatic rings. The van der Waals surface area contributed by atoms with E-state index in [9.17, 15) is 0 Å². The van der Waals surface area contributed by atoms with Crippen LogP contribution in [0.3, 0.4) is 0 Å². The molecule has 0 N–H and O–H groups in total. The second-order valence-corrected chi connectivity index (χ2v) is 16.9. The van der Waals surface area contributed by atoms with Crippen LogP contribution in [0.25, 0.3) is 64.7 Å². The van der Waals surface area contributed by atoms with Gasteiger partial charge < -0.3 is 4.90 Å². The summed E-state index contributed by atoms with van der Waals surface area (Å²) in [5, 5.41) is 2.59. The Labute approximate surface area is 334 Å². The predicted octanol–water partition coefficient (Wildman–Crippen LogP) is 15.8. The van der Waals surface area contributed by atoms with Crippen LogP contribution in [0.5, 0.6) is 0 Å². The lowest BCUT2D eigenvalue weighted by atomic mass is 9.79. The molecule has 9 aromatic rings. The van der Waals surface area contributed by atoms with Crippen LogP contribution in [0.4, 0.5) is 17.1 Å². The fraction of sp³-hybridized carbons (Fsp3) is 0.111. The normalized spacial score (nSPS) is 12.9. The van der Waals surface area contributed by atoms with Crippen molar-refractivity contribution in [3.63, 3.8) is 0 Å². The van der Waals surface area contributed by atoms with Crippen LogP contribution >= 0.6 is 11.3 Å². The summed E-state index contributed by atoms with van der Waals surface area (Å²) in [6.45, 7) is 11.5. The summed E-state index contributed by atoms with van der Waals surface area (Å²) in [6, 6.07) is 63.1. The Morgan fingerprint density at radius 2 is 1.05 bits per heavy atom. The third kappa shape index (κ3) is 5.35. The molecule has 0 saturated carbocycles. The lowest BCUT2D eigenvalue weighted by Gasteiger charge is -2.30. The maximum absolute atomic E-state index is 2.49. The van der Waals surface area contributed by atoms with Gasteiger partial charge in [-0.1, -0.05) is 141 Å². The number of benzene rings is 8. The minimum absolute atomic E-state index is 0.0925. The van der Waals surface area contributed by atoms with Gasteiger partial charge in [-0.2, -0.15) is 0 Å². The summed E-state index contributed by atoms with van der Waals surface area (Å²) in [6.07, 6.45) is 0. The SMILES string of the molecule is Cc1ccccc1-c1ccc(N(c2ccc(-c3cccc4c3C(C)(C)c3ccccc3-4)cc2)c2ccc3sc4ccccc4c3c2)c(-c2ccccc2C)c1C. The van der Waals surface area contributed by atoms with E-state index in [-0.39, 0.29) is 5.41 Å². The van der Waals surface area contributed by atoms with E-state index in [0.29, 0.717) is 0 Å². The Hall–Kier alpha value is -6.22. The van der Waals surface area contributed by atoms with Gasteiger partial charge in [0.1, 0.15) is 0 Å². The zero-order valence-corrected chi connectivity index (χ0v) is 33.3. The first-order valence-electron chi connectivity index (χ1n) is 19.6. The molecule has 1 aliphatic carbocycles. The van der Waals surface area contributed by atoms with Crippen molar-refractivity contribution < 1.29 is 0 Å². The van der Waals surface area contributed by atoms with Gasteiger partial charge in [-0.3, -0.25) is 0 Å². The second-order valence-electron chi connectivity index (χ2n) is 15.8. The number of nitrogens with zero attached hydrogens (tertiary/aromatic N) is 1. The predicted molar refractivity (Wildman–Crippen MR) is 242 cm³/mol. The monoisotopic (exact) mass is 737 g/mol. The quantitative estimate of drug-likeness (QED) is 0.164. The van der Waals surface area contributed by atoms with Gasteiger partial charge in [0.25, 0.3) is 0 Å². The first-order valence-corrected chi connectivity index (χ1v) is 20.4. The molecule has 2 heteroatoms. The molecule has 270 valence electrons. The van der Waals surface area contributed by atoms with E-state index in [2.05, 4.69) is 209 Å². The number of rotatable bonds is 6. The van der Waals surface area contributed by atoms with Gasteiger partial charge in [0, 0.05) is 42.5 Å². The molecule has 0 amide bonds. The molecular weight excluding hydrogens is 695 g/mol. The van der Waals surface area contributed by atoms with Crippen LogP contribution in [-0.2, 0) is 5.41 Å². The van der Waals surface area contributed by atoms with E-state index in [0.717, 1.165) is 17.1 Å². The number of fused-ring (bicyclic) bond motifs is 6. The Kier molecular flexibility index (Phi) is 8.09. The van der Waals surface area contributed by atoms with Gasteiger partial charge in [0.15, 0.2) is 0 Å². The van der Waals surface area contributed by atoms with Crippen molar-refractivity contribution in [3.8, 4) is 44.5 Å². The fourth-order valence-electron chi connectivity index (χ4n) is 9.40. The molecule has 56 heavy (non-hydrogen) atoms. The number of aryl methyl sites for hydroxylation is 2. The van der Waals surface area contributed by atoms with Gasteiger partial charge >= 0.3 is 0 Å². The molecule has 8 aromatic carbocycles. The molecule has 1 heterocycles. The second kappa shape index (κ2) is 13.2. The highest BCUT2D eigenvalue weighted by atomic mass is 32.1. The molecule has 1 aromatic heterocycles. The third-order valence-electron chi connectivity index (χ3n) is 12.2. The molecule has 10 rings (SSSR count). The largest absolute Gasteiger partial charge is 0.310 e. The van der Waals surface area contributed by atoms with Crippen LogP contribution in [0.1, 0.15) is 41.7 Å². The van der Waals surface area contributed by atoms with Gasteiger partial charge in [0.05, 0.1) is 5.69 Å². The van der Waals surface area contributed by atoms with Crippen molar-refractivity contribution in [1.29, 1.82) is 0 Å². The zero-order chi connectivity index (χ0) is 38.1. The van der Waals surface area contributed by atoms with E-state index in [1.807, 2.05) is 11.3 Å². The number of anilines is 3. The summed E-state index contributed by atoms with van der Waals surface area (Å²) in [4.78, 5) is 2.49. The topological polar surface area (TPSA) is 3.24 Å². The Morgan fingerprint density at radius 3 is 1.82 bits per heavy atom. The van der Waals surface area contributed by atoms with Gasteiger partial charge in [0.2, 0.25) is 0 Å². The summed E-state index contributed by atoms with van der Waals surface area (Å²) in [7, 11) is 0. The maximum Gasteiger partial charge on any atom is 0.0543 e. The maximum atomic E-state index is 2.49. The minimum atomic E-state index is -0.0925. The molecular formula is C54H43NS. The Morgan fingerprint density at radius 1 is 0.446 bits per heavy atom. The fourth-order valence-corrected chi connectivity index (χ4v) is 10.5. The van der Waals surface area contributed by atoms with Crippen LogP contribution < -0.4 is 4.90 Å². The summed E-state index contributed by atoms with van der Waals surface area (Å²) >= 11 is 1.87. The van der Waals surface area contributed by atoms with E-state index in [1.54, 1.807) is 0 Å². The highest BCUT2D eigenvalue weighted by Crippen LogP contribution is 2.53. The van der Waals surface area contributed by atoms with Crippen LogP contribution in [-0.4, -0.2) is 0 Å². The zero-order valence-electron chi connectivity index (χ0n) is 32.5. The lowest BCUT2D eigenvalue weighted by molar-refractivity contribution is 0.662. The molecule has 0 radical (unpaired) electrons.